The van der Waals surface area contributed by atoms with Crippen LogP contribution in [0, 0.1) is 0 Å². The fourth-order valence-corrected chi connectivity index (χ4v) is 3.70. The highest BCUT2D eigenvalue weighted by molar-refractivity contribution is 7.92. The van der Waals surface area contributed by atoms with Crippen LogP contribution in [-0.4, -0.2) is 43.5 Å². The van der Waals surface area contributed by atoms with Gasteiger partial charge in [-0.1, -0.05) is 24.3 Å². The first-order valence-electron chi connectivity index (χ1n) is 8.51. The molecular formula is C19H21N3O5S. The van der Waals surface area contributed by atoms with Gasteiger partial charge in [0.25, 0.3) is 0 Å². The number of para-hydroxylation sites is 1. The Hall–Kier alpha value is -3.07. The van der Waals surface area contributed by atoms with Crippen molar-refractivity contribution in [1.82, 2.24) is 5.01 Å². The van der Waals surface area contributed by atoms with E-state index in [1.807, 2.05) is 0 Å². The normalized spacial score (nSPS) is 16.6. The second-order valence-electron chi connectivity index (χ2n) is 6.48. The van der Waals surface area contributed by atoms with Crippen molar-refractivity contribution in [2.24, 2.45) is 5.10 Å². The number of ether oxygens (including phenoxy) is 1. The van der Waals surface area contributed by atoms with Gasteiger partial charge in [-0.25, -0.2) is 13.4 Å². The SMILES string of the molecule is COc1cccc([C@H]2CC(c3ccc(NS(C)(=O)=O)cc3)=NN2C(C)=O)c1O. The second-order valence-corrected chi connectivity index (χ2v) is 8.23. The number of carbonyl (C=O) groups is 1. The molecular weight excluding hydrogens is 382 g/mol. The number of rotatable bonds is 5. The van der Waals surface area contributed by atoms with Crippen LogP contribution in [-0.2, 0) is 14.8 Å². The van der Waals surface area contributed by atoms with E-state index in [1.54, 1.807) is 42.5 Å². The molecule has 8 nitrogen and oxygen atoms in total. The molecule has 2 N–H and O–H groups in total. The molecule has 0 radical (unpaired) electrons. The van der Waals surface area contributed by atoms with Gasteiger partial charge < -0.3 is 9.84 Å². The summed E-state index contributed by atoms with van der Waals surface area (Å²) in [6, 6.07) is 11.4. The van der Waals surface area contributed by atoms with E-state index < -0.39 is 16.1 Å². The number of amides is 1. The molecule has 2 aromatic rings. The lowest BCUT2D eigenvalue weighted by Gasteiger charge is -2.22. The van der Waals surface area contributed by atoms with Crippen molar-refractivity contribution < 1.29 is 23.1 Å². The predicted octanol–water partition coefficient (Wildman–Crippen LogP) is 2.47. The zero-order valence-corrected chi connectivity index (χ0v) is 16.5. The van der Waals surface area contributed by atoms with Gasteiger partial charge in [-0.2, -0.15) is 5.10 Å². The molecule has 1 atom stereocenters. The Balaban J connectivity index is 1.91. The first-order valence-corrected chi connectivity index (χ1v) is 10.4. The van der Waals surface area contributed by atoms with Gasteiger partial charge in [0, 0.05) is 24.6 Å². The fourth-order valence-electron chi connectivity index (χ4n) is 3.13. The predicted molar refractivity (Wildman–Crippen MR) is 106 cm³/mol. The van der Waals surface area contributed by atoms with Crippen LogP contribution in [0.2, 0.25) is 0 Å². The Kier molecular flexibility index (Phi) is 5.28. The molecule has 0 fully saturated rings. The molecule has 2 aromatic carbocycles. The Labute approximate surface area is 163 Å². The summed E-state index contributed by atoms with van der Waals surface area (Å²) in [5.41, 5.74) is 2.41. The Morgan fingerprint density at radius 3 is 2.50 bits per heavy atom. The van der Waals surface area contributed by atoms with E-state index in [1.165, 1.54) is 19.0 Å². The highest BCUT2D eigenvalue weighted by Crippen LogP contribution is 2.41. The Morgan fingerprint density at radius 1 is 1.25 bits per heavy atom. The lowest BCUT2D eigenvalue weighted by Crippen LogP contribution is -2.24. The fraction of sp³-hybridized carbons (Fsp3) is 0.263. The van der Waals surface area contributed by atoms with Crippen molar-refractivity contribution >= 4 is 27.3 Å². The van der Waals surface area contributed by atoms with Crippen LogP contribution in [0.25, 0.3) is 0 Å². The molecule has 0 aliphatic carbocycles. The zero-order chi connectivity index (χ0) is 20.5. The van der Waals surface area contributed by atoms with Gasteiger partial charge in [-0.3, -0.25) is 9.52 Å². The number of anilines is 1. The third kappa shape index (κ3) is 4.09. The Bertz CT molecular complexity index is 1030. The van der Waals surface area contributed by atoms with Gasteiger partial charge in [0.2, 0.25) is 15.9 Å². The summed E-state index contributed by atoms with van der Waals surface area (Å²) < 4.78 is 30.2. The van der Waals surface area contributed by atoms with Crippen LogP contribution in [0.3, 0.4) is 0 Å². The molecule has 0 aromatic heterocycles. The molecule has 0 spiro atoms. The molecule has 0 saturated carbocycles. The van der Waals surface area contributed by atoms with E-state index in [9.17, 15) is 18.3 Å². The number of phenolic OH excluding ortho intramolecular Hbond substituents is 1. The second kappa shape index (κ2) is 7.51. The van der Waals surface area contributed by atoms with Crippen LogP contribution in [0.4, 0.5) is 5.69 Å². The molecule has 3 rings (SSSR count). The zero-order valence-electron chi connectivity index (χ0n) is 15.7. The summed E-state index contributed by atoms with van der Waals surface area (Å²) >= 11 is 0. The van der Waals surface area contributed by atoms with E-state index in [2.05, 4.69) is 9.82 Å². The number of sulfonamides is 1. The van der Waals surface area contributed by atoms with Gasteiger partial charge in [0.15, 0.2) is 11.5 Å². The molecule has 1 aliphatic heterocycles. The van der Waals surface area contributed by atoms with E-state index in [0.29, 0.717) is 29.1 Å². The summed E-state index contributed by atoms with van der Waals surface area (Å²) in [6.45, 7) is 1.41. The maximum absolute atomic E-state index is 12.1. The number of hydrogen-bond acceptors (Lipinski definition) is 6. The smallest absolute Gasteiger partial charge is 0.240 e. The standard InChI is InChI=1S/C19H21N3O5S/c1-12(23)22-17(15-5-4-6-18(27-2)19(15)24)11-16(20-22)13-7-9-14(10-8-13)21-28(3,25)26/h4-10,17,21,24H,11H2,1-3H3/t17-/m1/s1. The van der Waals surface area contributed by atoms with Crippen molar-refractivity contribution in [2.75, 3.05) is 18.1 Å². The summed E-state index contributed by atoms with van der Waals surface area (Å²) in [7, 11) is -1.90. The number of aromatic hydroxyl groups is 1. The average Bonchev–Trinajstić information content (AvgIpc) is 3.06. The number of benzene rings is 2. The minimum atomic E-state index is -3.36. The molecule has 0 unspecified atom stereocenters. The molecule has 0 saturated heterocycles. The number of nitrogens with zero attached hydrogens (tertiary/aromatic N) is 2. The minimum Gasteiger partial charge on any atom is -0.504 e. The number of nitrogens with one attached hydrogen (secondary N) is 1. The number of carbonyl (C=O) groups excluding carboxylic acids is 1. The van der Waals surface area contributed by atoms with Crippen molar-refractivity contribution in [3.8, 4) is 11.5 Å². The summed E-state index contributed by atoms with van der Waals surface area (Å²) in [6.07, 6.45) is 1.48. The summed E-state index contributed by atoms with van der Waals surface area (Å²) in [5.74, 6) is 0.0497. The van der Waals surface area contributed by atoms with Gasteiger partial charge in [0.1, 0.15) is 0 Å². The first-order chi connectivity index (χ1) is 13.2. The van der Waals surface area contributed by atoms with E-state index >= 15 is 0 Å². The number of phenols is 1. The van der Waals surface area contributed by atoms with Gasteiger partial charge in [0.05, 0.1) is 25.1 Å². The van der Waals surface area contributed by atoms with Gasteiger partial charge in [-0.15, -0.1) is 0 Å². The average molecular weight is 403 g/mol. The summed E-state index contributed by atoms with van der Waals surface area (Å²) in [4.78, 5) is 12.1. The molecule has 1 heterocycles. The maximum atomic E-state index is 12.1. The van der Waals surface area contributed by atoms with Gasteiger partial charge in [-0.05, 0) is 23.8 Å². The van der Waals surface area contributed by atoms with Crippen LogP contribution in [0.15, 0.2) is 47.6 Å². The van der Waals surface area contributed by atoms with Gasteiger partial charge >= 0.3 is 0 Å². The molecule has 148 valence electrons. The van der Waals surface area contributed by atoms with Crippen molar-refractivity contribution in [2.45, 2.75) is 19.4 Å². The number of methoxy groups -OCH3 is 1. The monoisotopic (exact) mass is 403 g/mol. The van der Waals surface area contributed by atoms with Crippen LogP contribution >= 0.6 is 0 Å². The lowest BCUT2D eigenvalue weighted by molar-refractivity contribution is -0.130. The molecule has 1 amide bonds. The number of hydrogen-bond donors (Lipinski definition) is 2. The van der Waals surface area contributed by atoms with Crippen molar-refractivity contribution in [3.05, 3.63) is 53.6 Å². The van der Waals surface area contributed by atoms with Crippen LogP contribution in [0.5, 0.6) is 11.5 Å². The lowest BCUT2D eigenvalue weighted by atomic mass is 9.97. The molecule has 1 aliphatic rings. The number of hydrazone groups is 1. The molecule has 9 heteroatoms. The van der Waals surface area contributed by atoms with Crippen molar-refractivity contribution in [3.63, 3.8) is 0 Å². The minimum absolute atomic E-state index is 0.0228. The van der Waals surface area contributed by atoms with E-state index in [4.69, 9.17) is 4.74 Å². The third-order valence-corrected chi connectivity index (χ3v) is 4.97. The Morgan fingerprint density at radius 2 is 1.93 bits per heavy atom. The quantitative estimate of drug-likeness (QED) is 0.797. The summed E-state index contributed by atoms with van der Waals surface area (Å²) in [5, 5.41) is 16.2. The highest BCUT2D eigenvalue weighted by Gasteiger charge is 2.33. The largest absolute Gasteiger partial charge is 0.504 e. The molecule has 0 bridgehead atoms. The van der Waals surface area contributed by atoms with Crippen LogP contribution in [0.1, 0.15) is 30.5 Å². The highest BCUT2D eigenvalue weighted by atomic mass is 32.2. The first kappa shape index (κ1) is 19.7. The maximum Gasteiger partial charge on any atom is 0.240 e. The third-order valence-electron chi connectivity index (χ3n) is 4.36. The molecule has 28 heavy (non-hydrogen) atoms. The van der Waals surface area contributed by atoms with E-state index in [0.717, 1.165) is 11.8 Å². The van der Waals surface area contributed by atoms with E-state index in [-0.39, 0.29) is 11.7 Å². The van der Waals surface area contributed by atoms with Crippen LogP contribution < -0.4 is 9.46 Å². The van der Waals surface area contributed by atoms with Crippen molar-refractivity contribution in [1.29, 1.82) is 0 Å². The topological polar surface area (TPSA) is 108 Å².